The summed E-state index contributed by atoms with van der Waals surface area (Å²) in [5, 5.41) is 0. The van der Waals surface area contributed by atoms with Crippen molar-refractivity contribution in [3.05, 3.63) is 69.4 Å². The fourth-order valence-electron chi connectivity index (χ4n) is 1.90. The smallest absolute Gasteiger partial charge is 0.142 e. The number of hydrogen-bond acceptors (Lipinski definition) is 1. The van der Waals surface area contributed by atoms with Crippen LogP contribution in [0.4, 0.5) is 13.2 Å². The molecule has 2 N–H and O–H groups in total. The van der Waals surface area contributed by atoms with Gasteiger partial charge in [-0.15, -0.1) is 0 Å². The summed E-state index contributed by atoms with van der Waals surface area (Å²) in [5.74, 6) is -1.79. The van der Waals surface area contributed by atoms with Gasteiger partial charge in [0.15, 0.2) is 0 Å². The van der Waals surface area contributed by atoms with E-state index in [9.17, 15) is 13.2 Å². The quantitative estimate of drug-likeness (QED) is 0.901. The summed E-state index contributed by atoms with van der Waals surface area (Å²) in [6.45, 7) is 0. The monoisotopic (exact) mass is 329 g/mol. The summed E-state index contributed by atoms with van der Waals surface area (Å²) in [6, 6.07) is 7.29. The third kappa shape index (κ3) is 3.36. The Labute approximate surface area is 117 Å². The van der Waals surface area contributed by atoms with E-state index in [2.05, 4.69) is 15.9 Å². The molecule has 5 heteroatoms. The van der Waals surface area contributed by atoms with Crippen molar-refractivity contribution < 1.29 is 13.2 Å². The average Bonchev–Trinajstić information content (AvgIpc) is 2.31. The van der Waals surface area contributed by atoms with Crippen LogP contribution in [0, 0.1) is 17.5 Å². The van der Waals surface area contributed by atoms with Gasteiger partial charge in [-0.1, -0.05) is 12.1 Å². The van der Waals surface area contributed by atoms with E-state index in [0.29, 0.717) is 15.6 Å². The largest absolute Gasteiger partial charge is 0.324 e. The van der Waals surface area contributed by atoms with Crippen molar-refractivity contribution in [1.82, 2.24) is 0 Å². The van der Waals surface area contributed by atoms with E-state index in [0.717, 1.165) is 6.07 Å². The van der Waals surface area contributed by atoms with Crippen LogP contribution in [0.15, 0.2) is 40.9 Å². The molecule has 100 valence electrons. The lowest BCUT2D eigenvalue weighted by atomic mass is 9.99. The molecule has 1 nitrogen and oxygen atoms in total. The van der Waals surface area contributed by atoms with Crippen molar-refractivity contribution in [2.45, 2.75) is 12.5 Å². The zero-order chi connectivity index (χ0) is 14.0. The van der Waals surface area contributed by atoms with Crippen LogP contribution in [-0.2, 0) is 6.42 Å². The molecule has 0 heterocycles. The first-order chi connectivity index (χ1) is 8.97. The normalized spacial score (nSPS) is 12.5. The van der Waals surface area contributed by atoms with Crippen molar-refractivity contribution in [3.8, 4) is 0 Å². The minimum Gasteiger partial charge on any atom is -0.324 e. The van der Waals surface area contributed by atoms with Gasteiger partial charge < -0.3 is 5.73 Å². The molecule has 1 unspecified atom stereocenters. The summed E-state index contributed by atoms with van der Waals surface area (Å²) in [5.41, 5.74) is 6.59. The summed E-state index contributed by atoms with van der Waals surface area (Å²) >= 11 is 3.07. The molecule has 0 fully saturated rings. The van der Waals surface area contributed by atoms with Crippen molar-refractivity contribution in [2.75, 3.05) is 0 Å². The molecule has 0 amide bonds. The first kappa shape index (κ1) is 14.1. The van der Waals surface area contributed by atoms with E-state index in [4.69, 9.17) is 5.73 Å². The first-order valence-corrected chi connectivity index (χ1v) is 6.41. The fraction of sp³-hybridized carbons (Fsp3) is 0.143. The molecule has 0 spiro atoms. The Morgan fingerprint density at radius 1 is 1.05 bits per heavy atom. The number of hydrogen-bond donors (Lipinski definition) is 1. The van der Waals surface area contributed by atoms with Crippen molar-refractivity contribution in [1.29, 1.82) is 0 Å². The molecule has 2 rings (SSSR count). The Bertz CT molecular complexity index is 581. The maximum absolute atomic E-state index is 13.8. The van der Waals surface area contributed by atoms with Gasteiger partial charge in [0.2, 0.25) is 0 Å². The Morgan fingerprint density at radius 2 is 1.68 bits per heavy atom. The maximum atomic E-state index is 13.8. The SMILES string of the molecule is NC(Cc1cc(F)cc(F)c1)c1cccc(Br)c1F. The second-order valence-electron chi connectivity index (χ2n) is 4.23. The van der Waals surface area contributed by atoms with E-state index in [1.165, 1.54) is 12.1 Å². The molecule has 0 aromatic heterocycles. The molecule has 2 aromatic rings. The summed E-state index contributed by atoms with van der Waals surface area (Å²) in [7, 11) is 0. The van der Waals surface area contributed by atoms with E-state index < -0.39 is 23.5 Å². The molecular formula is C14H11BrF3N. The van der Waals surface area contributed by atoms with Gasteiger partial charge in [-0.25, -0.2) is 13.2 Å². The molecule has 0 saturated heterocycles. The van der Waals surface area contributed by atoms with Crippen LogP contribution in [0.1, 0.15) is 17.2 Å². The van der Waals surface area contributed by atoms with E-state index in [-0.39, 0.29) is 6.42 Å². The number of nitrogens with two attached hydrogens (primary N) is 1. The van der Waals surface area contributed by atoms with Gasteiger partial charge in [0.05, 0.1) is 4.47 Å². The lowest BCUT2D eigenvalue weighted by Crippen LogP contribution is -2.15. The molecule has 0 radical (unpaired) electrons. The Hall–Kier alpha value is -1.33. The van der Waals surface area contributed by atoms with Crippen LogP contribution >= 0.6 is 15.9 Å². The minimum absolute atomic E-state index is 0.155. The summed E-state index contributed by atoms with van der Waals surface area (Å²) in [6.07, 6.45) is 0.155. The number of rotatable bonds is 3. The van der Waals surface area contributed by atoms with Crippen molar-refractivity contribution in [3.63, 3.8) is 0 Å². The molecule has 1 atom stereocenters. The molecular weight excluding hydrogens is 319 g/mol. The second-order valence-corrected chi connectivity index (χ2v) is 5.09. The Kier molecular flexibility index (Phi) is 4.27. The van der Waals surface area contributed by atoms with Gasteiger partial charge in [0, 0.05) is 17.7 Å². The Balaban J connectivity index is 2.25. The zero-order valence-electron chi connectivity index (χ0n) is 9.84. The number of halogens is 4. The predicted octanol–water partition coefficient (Wildman–Crippen LogP) is 4.11. The van der Waals surface area contributed by atoms with Crippen molar-refractivity contribution in [2.24, 2.45) is 5.73 Å². The highest BCUT2D eigenvalue weighted by molar-refractivity contribution is 9.10. The van der Waals surface area contributed by atoms with Crippen molar-refractivity contribution >= 4 is 15.9 Å². The lowest BCUT2D eigenvalue weighted by Gasteiger charge is -2.14. The van der Waals surface area contributed by atoms with Crippen LogP contribution in [0.5, 0.6) is 0 Å². The molecule has 2 aromatic carbocycles. The fourth-order valence-corrected chi connectivity index (χ4v) is 2.28. The molecule has 0 aliphatic heterocycles. The summed E-state index contributed by atoms with van der Waals surface area (Å²) < 4.78 is 40.3. The third-order valence-corrected chi connectivity index (χ3v) is 3.37. The Morgan fingerprint density at radius 3 is 2.32 bits per heavy atom. The minimum atomic E-state index is -0.670. The van der Waals surface area contributed by atoms with E-state index in [1.54, 1.807) is 18.2 Å². The van der Waals surface area contributed by atoms with Gasteiger partial charge in [0.1, 0.15) is 17.5 Å². The molecule has 0 aliphatic rings. The predicted molar refractivity (Wildman–Crippen MR) is 71.1 cm³/mol. The lowest BCUT2D eigenvalue weighted by molar-refractivity contribution is 0.564. The molecule has 0 aliphatic carbocycles. The average molecular weight is 330 g/mol. The highest BCUT2D eigenvalue weighted by Gasteiger charge is 2.14. The van der Waals surface area contributed by atoms with Gasteiger partial charge in [-0.2, -0.15) is 0 Å². The van der Waals surface area contributed by atoms with E-state index >= 15 is 0 Å². The maximum Gasteiger partial charge on any atom is 0.142 e. The topological polar surface area (TPSA) is 26.0 Å². The molecule has 0 saturated carbocycles. The van der Waals surface area contributed by atoms with Gasteiger partial charge in [-0.05, 0) is 46.1 Å². The van der Waals surface area contributed by atoms with Gasteiger partial charge in [-0.3, -0.25) is 0 Å². The van der Waals surface area contributed by atoms with Crippen LogP contribution in [0.25, 0.3) is 0 Å². The third-order valence-electron chi connectivity index (χ3n) is 2.76. The van der Waals surface area contributed by atoms with Crippen LogP contribution in [0.3, 0.4) is 0 Å². The van der Waals surface area contributed by atoms with Gasteiger partial charge in [0.25, 0.3) is 0 Å². The first-order valence-electron chi connectivity index (χ1n) is 5.62. The molecule has 0 bridgehead atoms. The van der Waals surface area contributed by atoms with E-state index in [1.807, 2.05) is 0 Å². The van der Waals surface area contributed by atoms with Crippen LogP contribution in [0.2, 0.25) is 0 Å². The van der Waals surface area contributed by atoms with Gasteiger partial charge >= 0.3 is 0 Å². The van der Waals surface area contributed by atoms with Crippen LogP contribution < -0.4 is 5.73 Å². The highest BCUT2D eigenvalue weighted by Crippen LogP contribution is 2.25. The number of benzene rings is 2. The zero-order valence-corrected chi connectivity index (χ0v) is 11.4. The second kappa shape index (κ2) is 5.75. The van der Waals surface area contributed by atoms with Crippen LogP contribution in [-0.4, -0.2) is 0 Å². The molecule has 19 heavy (non-hydrogen) atoms. The highest BCUT2D eigenvalue weighted by atomic mass is 79.9. The summed E-state index contributed by atoms with van der Waals surface area (Å²) in [4.78, 5) is 0. The standard InChI is InChI=1S/C14H11BrF3N/c15-12-3-1-2-11(14(12)18)13(19)6-8-4-9(16)7-10(17)5-8/h1-5,7,13H,6,19H2.